The summed E-state index contributed by atoms with van der Waals surface area (Å²) in [6.45, 7) is 2.01. The normalized spacial score (nSPS) is 14.1. The molecular formula is C13H20N2OS. The van der Waals surface area contributed by atoms with Gasteiger partial charge in [0.2, 0.25) is 5.91 Å². The molecule has 0 radical (unpaired) electrons. The zero-order chi connectivity index (χ0) is 12.7. The fourth-order valence-corrected chi connectivity index (χ4v) is 2.10. The van der Waals surface area contributed by atoms with Crippen LogP contribution in [-0.4, -0.2) is 24.0 Å². The molecule has 0 saturated carbocycles. The first-order valence-corrected chi connectivity index (χ1v) is 7.14. The Morgan fingerprint density at radius 2 is 2.06 bits per heavy atom. The van der Waals surface area contributed by atoms with E-state index in [0.717, 1.165) is 17.7 Å². The van der Waals surface area contributed by atoms with Gasteiger partial charge >= 0.3 is 0 Å². The molecule has 3 N–H and O–H groups in total. The zero-order valence-corrected chi connectivity index (χ0v) is 11.2. The Balaban J connectivity index is 2.47. The minimum Gasteiger partial charge on any atom is -0.352 e. The van der Waals surface area contributed by atoms with E-state index in [-0.39, 0.29) is 11.9 Å². The molecule has 17 heavy (non-hydrogen) atoms. The predicted molar refractivity (Wildman–Crippen MR) is 74.0 cm³/mol. The van der Waals surface area contributed by atoms with Gasteiger partial charge in [-0.2, -0.15) is 11.8 Å². The standard InChI is InChI=1S/C13H20N2OS/c1-10(8-9-17-2)15-13(16)12(14)11-6-4-3-5-7-11/h3-7,10,12H,8-9,14H2,1-2H3,(H,15,16)/t10?,12-/m1/s1. The highest BCUT2D eigenvalue weighted by atomic mass is 32.2. The van der Waals surface area contributed by atoms with Gasteiger partial charge in [-0.1, -0.05) is 30.3 Å². The first kappa shape index (κ1) is 14.1. The summed E-state index contributed by atoms with van der Waals surface area (Å²) in [7, 11) is 0. The van der Waals surface area contributed by atoms with Gasteiger partial charge in [0.15, 0.2) is 0 Å². The number of hydrogen-bond donors (Lipinski definition) is 2. The summed E-state index contributed by atoms with van der Waals surface area (Å²) in [6.07, 6.45) is 3.03. The second-order valence-electron chi connectivity index (χ2n) is 4.08. The van der Waals surface area contributed by atoms with Gasteiger partial charge in [0, 0.05) is 6.04 Å². The molecule has 1 aromatic rings. The number of amides is 1. The maximum absolute atomic E-state index is 11.9. The average Bonchev–Trinajstić information content (AvgIpc) is 2.36. The van der Waals surface area contributed by atoms with E-state index < -0.39 is 6.04 Å². The van der Waals surface area contributed by atoms with E-state index in [1.54, 1.807) is 11.8 Å². The van der Waals surface area contributed by atoms with Crippen LogP contribution in [0, 0.1) is 0 Å². The van der Waals surface area contributed by atoms with Gasteiger partial charge in [-0.3, -0.25) is 4.79 Å². The lowest BCUT2D eigenvalue weighted by molar-refractivity contribution is -0.123. The highest BCUT2D eigenvalue weighted by Gasteiger charge is 2.16. The number of hydrogen-bond acceptors (Lipinski definition) is 3. The lowest BCUT2D eigenvalue weighted by Gasteiger charge is -2.17. The van der Waals surface area contributed by atoms with Crippen molar-refractivity contribution in [1.82, 2.24) is 5.32 Å². The van der Waals surface area contributed by atoms with Gasteiger partial charge in [0.25, 0.3) is 0 Å². The molecule has 0 aliphatic carbocycles. The number of carbonyl (C=O) groups excluding carboxylic acids is 1. The fourth-order valence-electron chi connectivity index (χ4n) is 1.51. The van der Waals surface area contributed by atoms with Crippen LogP contribution >= 0.6 is 11.8 Å². The van der Waals surface area contributed by atoms with Crippen molar-refractivity contribution in [3.05, 3.63) is 35.9 Å². The molecule has 0 bridgehead atoms. The molecule has 94 valence electrons. The molecule has 3 nitrogen and oxygen atoms in total. The highest BCUT2D eigenvalue weighted by Crippen LogP contribution is 2.10. The van der Waals surface area contributed by atoms with Crippen LogP contribution < -0.4 is 11.1 Å². The summed E-state index contributed by atoms with van der Waals surface area (Å²) >= 11 is 1.78. The Kier molecular flexibility index (Phi) is 6.08. The Hall–Kier alpha value is -1.00. The third-order valence-corrected chi connectivity index (χ3v) is 3.23. The van der Waals surface area contributed by atoms with Gasteiger partial charge in [-0.15, -0.1) is 0 Å². The fraction of sp³-hybridized carbons (Fsp3) is 0.462. The maximum atomic E-state index is 11.9. The maximum Gasteiger partial charge on any atom is 0.241 e. The molecule has 2 atom stereocenters. The molecule has 1 unspecified atom stereocenters. The van der Waals surface area contributed by atoms with Crippen LogP contribution in [-0.2, 0) is 4.79 Å². The summed E-state index contributed by atoms with van der Waals surface area (Å²) in [5.41, 5.74) is 6.75. The third-order valence-electron chi connectivity index (χ3n) is 2.58. The van der Waals surface area contributed by atoms with Crippen LogP contribution in [0.4, 0.5) is 0 Å². The second kappa shape index (κ2) is 7.35. The summed E-state index contributed by atoms with van der Waals surface area (Å²) in [6, 6.07) is 9.03. The number of benzene rings is 1. The van der Waals surface area contributed by atoms with E-state index >= 15 is 0 Å². The van der Waals surface area contributed by atoms with E-state index in [0.29, 0.717) is 0 Å². The SMILES string of the molecule is CSCCC(C)NC(=O)[C@H](N)c1ccccc1. The molecule has 1 amide bonds. The number of thioether (sulfide) groups is 1. The van der Waals surface area contributed by atoms with Crippen molar-refractivity contribution in [3.63, 3.8) is 0 Å². The Labute approximate surface area is 107 Å². The summed E-state index contributed by atoms with van der Waals surface area (Å²) in [4.78, 5) is 11.9. The number of rotatable bonds is 6. The van der Waals surface area contributed by atoms with E-state index in [1.165, 1.54) is 0 Å². The number of nitrogens with one attached hydrogen (secondary N) is 1. The van der Waals surface area contributed by atoms with Crippen molar-refractivity contribution in [2.45, 2.75) is 25.4 Å². The zero-order valence-electron chi connectivity index (χ0n) is 10.3. The van der Waals surface area contributed by atoms with Crippen LogP contribution in [0.5, 0.6) is 0 Å². The lowest BCUT2D eigenvalue weighted by Crippen LogP contribution is -2.39. The first-order chi connectivity index (χ1) is 8.15. The topological polar surface area (TPSA) is 55.1 Å². The van der Waals surface area contributed by atoms with Crippen molar-refractivity contribution >= 4 is 17.7 Å². The molecular weight excluding hydrogens is 232 g/mol. The van der Waals surface area contributed by atoms with Crippen LogP contribution in [0.3, 0.4) is 0 Å². The highest BCUT2D eigenvalue weighted by molar-refractivity contribution is 7.98. The number of carbonyl (C=O) groups is 1. The monoisotopic (exact) mass is 252 g/mol. The molecule has 4 heteroatoms. The largest absolute Gasteiger partial charge is 0.352 e. The predicted octanol–water partition coefficient (Wildman–Crippen LogP) is 1.94. The molecule has 1 aromatic carbocycles. The quantitative estimate of drug-likeness (QED) is 0.813. The van der Waals surface area contributed by atoms with Gasteiger partial charge in [0.1, 0.15) is 6.04 Å². The summed E-state index contributed by atoms with van der Waals surface area (Å²) < 4.78 is 0. The van der Waals surface area contributed by atoms with Crippen LogP contribution in [0.25, 0.3) is 0 Å². The summed E-state index contributed by atoms with van der Waals surface area (Å²) in [5, 5.41) is 2.94. The molecule has 1 rings (SSSR count). The van der Waals surface area contributed by atoms with Gasteiger partial charge in [0.05, 0.1) is 0 Å². The smallest absolute Gasteiger partial charge is 0.241 e. The second-order valence-corrected chi connectivity index (χ2v) is 5.07. The number of nitrogens with two attached hydrogens (primary N) is 1. The minimum atomic E-state index is -0.576. The Morgan fingerprint density at radius 1 is 1.41 bits per heavy atom. The van der Waals surface area contributed by atoms with E-state index in [2.05, 4.69) is 11.6 Å². The minimum absolute atomic E-state index is 0.107. The molecule has 0 aliphatic heterocycles. The molecule has 0 saturated heterocycles. The van der Waals surface area contributed by atoms with E-state index in [1.807, 2.05) is 37.3 Å². The van der Waals surface area contributed by atoms with Crippen LogP contribution in [0.1, 0.15) is 24.9 Å². The summed E-state index contributed by atoms with van der Waals surface area (Å²) in [5.74, 6) is 0.937. The van der Waals surface area contributed by atoms with Gasteiger partial charge < -0.3 is 11.1 Å². The molecule has 0 spiro atoms. The molecule has 0 fully saturated rings. The van der Waals surface area contributed by atoms with Crippen molar-refractivity contribution in [1.29, 1.82) is 0 Å². The van der Waals surface area contributed by atoms with Crippen molar-refractivity contribution < 1.29 is 4.79 Å². The van der Waals surface area contributed by atoms with Crippen molar-refractivity contribution in [2.75, 3.05) is 12.0 Å². The Morgan fingerprint density at radius 3 is 2.65 bits per heavy atom. The molecule has 0 aliphatic rings. The van der Waals surface area contributed by atoms with Crippen LogP contribution in [0.2, 0.25) is 0 Å². The van der Waals surface area contributed by atoms with Crippen molar-refractivity contribution in [3.8, 4) is 0 Å². The molecule has 0 aromatic heterocycles. The van der Waals surface area contributed by atoms with Gasteiger partial charge in [-0.25, -0.2) is 0 Å². The van der Waals surface area contributed by atoms with E-state index in [4.69, 9.17) is 5.73 Å². The lowest BCUT2D eigenvalue weighted by atomic mass is 10.1. The first-order valence-electron chi connectivity index (χ1n) is 5.75. The van der Waals surface area contributed by atoms with E-state index in [9.17, 15) is 4.79 Å². The van der Waals surface area contributed by atoms with Gasteiger partial charge in [-0.05, 0) is 30.9 Å². The average molecular weight is 252 g/mol. The third kappa shape index (κ3) is 4.79. The van der Waals surface area contributed by atoms with Crippen molar-refractivity contribution in [2.24, 2.45) is 5.73 Å². The Bertz CT molecular complexity index is 343. The molecule has 0 heterocycles. The van der Waals surface area contributed by atoms with Crippen LogP contribution in [0.15, 0.2) is 30.3 Å².